The van der Waals surface area contributed by atoms with Crippen LogP contribution in [0.3, 0.4) is 0 Å². The molecule has 2 fully saturated rings. The zero-order valence-corrected chi connectivity index (χ0v) is 13.3. The molecule has 2 aliphatic rings. The van der Waals surface area contributed by atoms with Crippen molar-refractivity contribution in [3.05, 3.63) is 0 Å². The summed E-state index contributed by atoms with van der Waals surface area (Å²) >= 11 is 0. The van der Waals surface area contributed by atoms with Crippen LogP contribution in [0.2, 0.25) is 0 Å². The summed E-state index contributed by atoms with van der Waals surface area (Å²) in [6.45, 7) is 4.92. The van der Waals surface area contributed by atoms with E-state index in [-0.39, 0.29) is 44.2 Å². The van der Waals surface area contributed by atoms with Gasteiger partial charge in [-0.05, 0) is 20.3 Å². The molecule has 1 saturated heterocycles. The van der Waals surface area contributed by atoms with E-state index in [0.717, 1.165) is 0 Å². The average Bonchev–Trinajstić information content (AvgIpc) is 2.84. The highest BCUT2D eigenvalue weighted by Crippen LogP contribution is 2.40. The molecule has 0 radical (unpaired) electrons. The van der Waals surface area contributed by atoms with E-state index < -0.39 is 17.8 Å². The van der Waals surface area contributed by atoms with Crippen molar-refractivity contribution in [3.63, 3.8) is 0 Å². The van der Waals surface area contributed by atoms with Crippen LogP contribution >= 0.6 is 0 Å². The van der Waals surface area contributed by atoms with Gasteiger partial charge < -0.3 is 20.1 Å². The van der Waals surface area contributed by atoms with Crippen molar-refractivity contribution in [1.29, 1.82) is 0 Å². The summed E-state index contributed by atoms with van der Waals surface area (Å²) in [6.07, 6.45) is 0.884. The fourth-order valence-electron chi connectivity index (χ4n) is 3.02. The summed E-state index contributed by atoms with van der Waals surface area (Å²) in [6, 6.07) is -0.880. The number of amides is 1. The minimum Gasteiger partial charge on any atom is -0.354 e. The Bertz CT molecular complexity index is 385. The number of rotatable bonds is 5. The Morgan fingerprint density at radius 3 is 2.55 bits per heavy atom. The third-order valence-corrected chi connectivity index (χ3v) is 4.17. The lowest BCUT2D eigenvalue weighted by atomic mass is 10.0. The molecule has 1 unspecified atom stereocenters. The fraction of sp³-hybridized carbons (Fsp3) is 0.933. The standard InChI is InChI=1S/C15H26F2N2O3/c1-11(2)19-13(20)4-8-18-12-3-5-14(21-9-10-22-14)6-7-15(12,16)17/h11-12,18H,3-10H2,1-2H3,(H,19,20). The molecular formula is C15H26F2N2O3. The molecule has 1 heterocycles. The molecular weight excluding hydrogens is 294 g/mol. The third kappa shape index (κ3) is 4.60. The predicted molar refractivity (Wildman–Crippen MR) is 77.7 cm³/mol. The maximum absolute atomic E-state index is 14.2. The number of hydrogen-bond acceptors (Lipinski definition) is 4. The molecule has 1 amide bonds. The van der Waals surface area contributed by atoms with Gasteiger partial charge in [-0.2, -0.15) is 0 Å². The quantitative estimate of drug-likeness (QED) is 0.811. The lowest BCUT2D eigenvalue weighted by Crippen LogP contribution is -2.45. The number of carbonyl (C=O) groups is 1. The van der Waals surface area contributed by atoms with E-state index in [0.29, 0.717) is 19.6 Å². The van der Waals surface area contributed by atoms with Gasteiger partial charge in [-0.25, -0.2) is 8.78 Å². The molecule has 2 N–H and O–H groups in total. The molecule has 1 saturated carbocycles. The van der Waals surface area contributed by atoms with Gasteiger partial charge in [-0.15, -0.1) is 0 Å². The maximum atomic E-state index is 14.2. The van der Waals surface area contributed by atoms with Crippen LogP contribution in [-0.4, -0.2) is 49.5 Å². The first kappa shape index (κ1) is 17.6. The molecule has 0 aromatic heterocycles. The normalized spacial score (nSPS) is 27.0. The van der Waals surface area contributed by atoms with Gasteiger partial charge in [0.05, 0.1) is 19.3 Å². The Balaban J connectivity index is 1.83. The van der Waals surface area contributed by atoms with Crippen molar-refractivity contribution in [2.45, 2.75) is 69.7 Å². The maximum Gasteiger partial charge on any atom is 0.263 e. The van der Waals surface area contributed by atoms with Crippen LogP contribution < -0.4 is 10.6 Å². The summed E-state index contributed by atoms with van der Waals surface area (Å²) in [5.74, 6) is -3.76. The number of hydrogen-bond donors (Lipinski definition) is 2. The van der Waals surface area contributed by atoms with E-state index in [4.69, 9.17) is 9.47 Å². The molecule has 0 aromatic rings. The zero-order chi connectivity index (χ0) is 16.2. The highest BCUT2D eigenvalue weighted by molar-refractivity contribution is 5.76. The first-order chi connectivity index (χ1) is 10.3. The lowest BCUT2D eigenvalue weighted by Gasteiger charge is -2.25. The molecule has 0 aromatic carbocycles. The van der Waals surface area contributed by atoms with Gasteiger partial charge in [0.15, 0.2) is 5.79 Å². The van der Waals surface area contributed by atoms with E-state index in [1.165, 1.54) is 0 Å². The molecule has 1 aliphatic heterocycles. The highest BCUT2D eigenvalue weighted by atomic mass is 19.3. The molecule has 1 atom stereocenters. The first-order valence-corrected chi connectivity index (χ1v) is 8.01. The van der Waals surface area contributed by atoms with E-state index in [1.54, 1.807) is 0 Å². The van der Waals surface area contributed by atoms with Crippen LogP contribution in [0.1, 0.15) is 46.0 Å². The summed E-state index contributed by atoms with van der Waals surface area (Å²) in [5, 5.41) is 5.59. The van der Waals surface area contributed by atoms with Gasteiger partial charge in [-0.1, -0.05) is 0 Å². The van der Waals surface area contributed by atoms with Crippen LogP contribution in [0.4, 0.5) is 8.78 Å². The van der Waals surface area contributed by atoms with Crippen molar-refractivity contribution >= 4 is 5.91 Å². The Morgan fingerprint density at radius 2 is 1.91 bits per heavy atom. The van der Waals surface area contributed by atoms with Crippen LogP contribution in [-0.2, 0) is 14.3 Å². The molecule has 2 rings (SSSR count). The second-order valence-corrected chi connectivity index (χ2v) is 6.39. The van der Waals surface area contributed by atoms with E-state index in [1.807, 2.05) is 13.8 Å². The summed E-state index contributed by atoms with van der Waals surface area (Å²) < 4.78 is 39.5. The van der Waals surface area contributed by atoms with Crippen molar-refractivity contribution in [1.82, 2.24) is 10.6 Å². The Hall–Kier alpha value is -0.790. The van der Waals surface area contributed by atoms with Crippen LogP contribution in [0, 0.1) is 0 Å². The highest BCUT2D eigenvalue weighted by Gasteiger charge is 2.48. The topological polar surface area (TPSA) is 59.6 Å². The van der Waals surface area contributed by atoms with Gasteiger partial charge >= 0.3 is 0 Å². The van der Waals surface area contributed by atoms with Crippen molar-refractivity contribution in [2.24, 2.45) is 0 Å². The number of alkyl halides is 2. The van der Waals surface area contributed by atoms with Gasteiger partial charge in [0.2, 0.25) is 5.91 Å². The smallest absolute Gasteiger partial charge is 0.263 e. The zero-order valence-electron chi connectivity index (χ0n) is 13.3. The summed E-state index contributed by atoms with van der Waals surface area (Å²) in [4.78, 5) is 11.5. The average molecular weight is 320 g/mol. The molecule has 1 spiro atoms. The Kier molecular flexibility index (Phi) is 5.74. The Labute approximate surface area is 130 Å². The summed E-state index contributed by atoms with van der Waals surface area (Å²) in [5.41, 5.74) is 0. The first-order valence-electron chi connectivity index (χ1n) is 8.01. The van der Waals surface area contributed by atoms with Crippen LogP contribution in [0.5, 0.6) is 0 Å². The molecule has 128 valence electrons. The third-order valence-electron chi connectivity index (χ3n) is 4.17. The molecule has 22 heavy (non-hydrogen) atoms. The van der Waals surface area contributed by atoms with E-state index in [2.05, 4.69) is 10.6 Å². The van der Waals surface area contributed by atoms with Crippen LogP contribution in [0.25, 0.3) is 0 Å². The van der Waals surface area contributed by atoms with Crippen molar-refractivity contribution < 1.29 is 23.0 Å². The minimum absolute atomic E-state index is 0.0587. The molecule has 7 heteroatoms. The molecule has 0 bridgehead atoms. The SMILES string of the molecule is CC(C)NC(=O)CCNC1CCC2(CCC1(F)F)OCCO2. The predicted octanol–water partition coefficient (Wildman–Crippen LogP) is 1.81. The number of halogens is 2. The molecule has 5 nitrogen and oxygen atoms in total. The van der Waals surface area contributed by atoms with Gasteiger partial charge in [0.1, 0.15) is 0 Å². The number of carbonyl (C=O) groups excluding carboxylic acids is 1. The van der Waals surface area contributed by atoms with E-state index >= 15 is 0 Å². The monoisotopic (exact) mass is 320 g/mol. The molecule has 1 aliphatic carbocycles. The second kappa shape index (κ2) is 7.19. The van der Waals surface area contributed by atoms with Crippen molar-refractivity contribution in [2.75, 3.05) is 19.8 Å². The Morgan fingerprint density at radius 1 is 1.23 bits per heavy atom. The van der Waals surface area contributed by atoms with Crippen molar-refractivity contribution in [3.8, 4) is 0 Å². The van der Waals surface area contributed by atoms with Gasteiger partial charge in [0, 0.05) is 38.3 Å². The number of ether oxygens (including phenoxy) is 2. The largest absolute Gasteiger partial charge is 0.354 e. The summed E-state index contributed by atoms with van der Waals surface area (Å²) in [7, 11) is 0. The second-order valence-electron chi connectivity index (χ2n) is 6.39. The van der Waals surface area contributed by atoms with Gasteiger partial charge in [0.25, 0.3) is 5.92 Å². The van der Waals surface area contributed by atoms with E-state index in [9.17, 15) is 13.6 Å². The van der Waals surface area contributed by atoms with Gasteiger partial charge in [-0.3, -0.25) is 4.79 Å². The lowest BCUT2D eigenvalue weighted by molar-refractivity contribution is -0.168. The van der Waals surface area contributed by atoms with Crippen LogP contribution in [0.15, 0.2) is 0 Å². The fourth-order valence-corrected chi connectivity index (χ4v) is 3.02. The minimum atomic E-state index is -2.81. The number of nitrogens with one attached hydrogen (secondary N) is 2.